The van der Waals surface area contributed by atoms with Crippen molar-refractivity contribution < 1.29 is 13.2 Å². The Bertz CT molecular complexity index is 1210. The quantitative estimate of drug-likeness (QED) is 0.538. The number of hydrogen-bond acceptors (Lipinski definition) is 6. The molecule has 1 aliphatic rings. The number of carbonyl (C=O) groups is 1. The van der Waals surface area contributed by atoms with E-state index in [0.717, 1.165) is 23.3 Å². The van der Waals surface area contributed by atoms with Crippen LogP contribution in [0.5, 0.6) is 0 Å². The number of carbonyl (C=O) groups excluding carboxylic acids is 1. The zero-order valence-corrected chi connectivity index (χ0v) is 22.4. The van der Waals surface area contributed by atoms with Gasteiger partial charge < -0.3 is 10.6 Å². The van der Waals surface area contributed by atoms with Crippen LogP contribution >= 0.6 is 11.3 Å². The van der Waals surface area contributed by atoms with E-state index in [4.69, 9.17) is 0 Å². The second-order valence-electron chi connectivity index (χ2n) is 9.87. The Balaban J connectivity index is 1.85. The van der Waals surface area contributed by atoms with Crippen LogP contribution in [0.3, 0.4) is 0 Å². The van der Waals surface area contributed by atoms with Gasteiger partial charge in [-0.2, -0.15) is 9.57 Å². The number of nitrogens with zero attached hydrogens (tertiary/aromatic N) is 2. The van der Waals surface area contributed by atoms with Gasteiger partial charge in [0.05, 0.1) is 10.5 Å². The lowest BCUT2D eigenvalue weighted by Crippen LogP contribution is -2.54. The van der Waals surface area contributed by atoms with Crippen molar-refractivity contribution in [3.63, 3.8) is 0 Å². The summed E-state index contributed by atoms with van der Waals surface area (Å²) in [5.41, 5.74) is 1.32. The van der Waals surface area contributed by atoms with E-state index in [9.17, 15) is 18.5 Å². The molecule has 1 aliphatic heterocycles. The van der Waals surface area contributed by atoms with Crippen LogP contribution in [0.1, 0.15) is 80.7 Å². The van der Waals surface area contributed by atoms with E-state index in [2.05, 4.69) is 44.4 Å². The van der Waals surface area contributed by atoms with Gasteiger partial charge in [-0.05, 0) is 70.4 Å². The van der Waals surface area contributed by atoms with Gasteiger partial charge >= 0.3 is 0 Å². The predicted octanol–water partition coefficient (Wildman–Crippen LogP) is 4.84. The molecule has 0 radical (unpaired) electrons. The molecule has 0 aliphatic carbocycles. The summed E-state index contributed by atoms with van der Waals surface area (Å²) in [6, 6.07) is 8.26. The summed E-state index contributed by atoms with van der Waals surface area (Å²) in [6.07, 6.45) is 2.40. The topological polar surface area (TPSA) is 102 Å². The molecule has 9 heteroatoms. The molecule has 0 unspecified atom stereocenters. The SMILES string of the molecule is CCCCN(CC)S(=O)(=O)c1ccc(C(=O)Nc2sc3c(c2C#N)CC(C)(C)NC3(C)C)cc1. The molecule has 0 saturated carbocycles. The molecule has 0 saturated heterocycles. The molecular formula is C25H34N4O3S2. The van der Waals surface area contributed by atoms with E-state index in [0.29, 0.717) is 35.6 Å². The predicted molar refractivity (Wildman–Crippen MR) is 137 cm³/mol. The molecule has 2 N–H and O–H groups in total. The Hall–Kier alpha value is -2.25. The Labute approximate surface area is 207 Å². The normalized spacial score (nSPS) is 16.6. The summed E-state index contributed by atoms with van der Waals surface area (Å²) < 4.78 is 27.3. The third-order valence-corrected chi connectivity index (χ3v) is 9.51. The number of nitrogens with one attached hydrogen (secondary N) is 2. The molecular weight excluding hydrogens is 468 g/mol. The fraction of sp³-hybridized carbons (Fsp3) is 0.520. The van der Waals surface area contributed by atoms with E-state index in [1.165, 1.54) is 39.9 Å². The number of sulfonamides is 1. The molecule has 0 bridgehead atoms. The van der Waals surface area contributed by atoms with Gasteiger partial charge in [0, 0.05) is 34.6 Å². The van der Waals surface area contributed by atoms with E-state index >= 15 is 0 Å². The lowest BCUT2D eigenvalue weighted by molar-refractivity contribution is 0.102. The number of hydrogen-bond donors (Lipinski definition) is 2. The van der Waals surface area contributed by atoms with Crippen LogP contribution < -0.4 is 10.6 Å². The van der Waals surface area contributed by atoms with Crippen LogP contribution in [-0.2, 0) is 22.0 Å². The number of anilines is 1. The van der Waals surface area contributed by atoms with Crippen LogP contribution in [0.15, 0.2) is 29.2 Å². The fourth-order valence-corrected chi connectivity index (χ4v) is 7.33. The van der Waals surface area contributed by atoms with Gasteiger partial charge in [0.15, 0.2) is 0 Å². The van der Waals surface area contributed by atoms with E-state index < -0.39 is 10.0 Å². The number of fused-ring (bicyclic) bond motifs is 1. The highest BCUT2D eigenvalue weighted by Crippen LogP contribution is 2.44. The number of nitriles is 1. The molecule has 2 heterocycles. The lowest BCUT2D eigenvalue weighted by atomic mass is 9.81. The Morgan fingerprint density at radius 2 is 1.85 bits per heavy atom. The first-order chi connectivity index (χ1) is 15.9. The van der Waals surface area contributed by atoms with Gasteiger partial charge in [0.25, 0.3) is 5.91 Å². The van der Waals surface area contributed by atoms with E-state index in [1.807, 2.05) is 13.8 Å². The van der Waals surface area contributed by atoms with Gasteiger partial charge in [-0.3, -0.25) is 4.79 Å². The van der Waals surface area contributed by atoms with Gasteiger partial charge in [-0.25, -0.2) is 8.42 Å². The Kier molecular flexibility index (Phi) is 7.58. The van der Waals surface area contributed by atoms with Crippen molar-refractivity contribution >= 4 is 32.3 Å². The average Bonchev–Trinajstić information content (AvgIpc) is 3.10. The number of amides is 1. The molecule has 3 rings (SSSR count). The van der Waals surface area contributed by atoms with Crippen molar-refractivity contribution in [2.45, 2.75) is 76.8 Å². The van der Waals surface area contributed by atoms with E-state index in [1.54, 1.807) is 0 Å². The molecule has 0 spiro atoms. The van der Waals surface area contributed by atoms with Gasteiger partial charge in [0.2, 0.25) is 10.0 Å². The smallest absolute Gasteiger partial charge is 0.256 e. The van der Waals surface area contributed by atoms with Gasteiger partial charge in [-0.1, -0.05) is 20.3 Å². The van der Waals surface area contributed by atoms with Gasteiger partial charge in [-0.15, -0.1) is 11.3 Å². The minimum absolute atomic E-state index is 0.168. The average molecular weight is 503 g/mol. The molecule has 184 valence electrons. The summed E-state index contributed by atoms with van der Waals surface area (Å²) >= 11 is 1.42. The number of rotatable bonds is 8. The third-order valence-electron chi connectivity index (χ3n) is 6.05. The first kappa shape index (κ1) is 26.4. The second-order valence-corrected chi connectivity index (χ2v) is 12.8. The standard InChI is InChI=1S/C25H34N4O3S2/c1-7-9-14-29(8-2)34(31,32)18-12-10-17(11-13-18)22(30)27-23-20(16-26)19-15-24(3,4)28-25(5,6)21(19)33-23/h10-13,28H,7-9,14-15H2,1-6H3,(H,27,30). The summed E-state index contributed by atoms with van der Waals surface area (Å²) in [5.74, 6) is -0.373. The molecule has 1 aromatic heterocycles. The maximum atomic E-state index is 13.0. The number of unbranched alkanes of at least 4 members (excludes halogenated alkanes) is 1. The first-order valence-corrected chi connectivity index (χ1v) is 13.9. The zero-order valence-electron chi connectivity index (χ0n) is 20.8. The molecule has 7 nitrogen and oxygen atoms in total. The first-order valence-electron chi connectivity index (χ1n) is 11.6. The monoisotopic (exact) mass is 502 g/mol. The molecule has 0 atom stereocenters. The largest absolute Gasteiger partial charge is 0.312 e. The maximum Gasteiger partial charge on any atom is 0.256 e. The highest BCUT2D eigenvalue weighted by molar-refractivity contribution is 7.89. The lowest BCUT2D eigenvalue weighted by Gasteiger charge is -2.42. The van der Waals surface area contributed by atoms with Crippen molar-refractivity contribution in [1.29, 1.82) is 5.26 Å². The van der Waals surface area contributed by atoms with Crippen LogP contribution in [-0.4, -0.2) is 37.3 Å². The zero-order chi connectivity index (χ0) is 25.3. The Morgan fingerprint density at radius 3 is 2.41 bits per heavy atom. The van der Waals surface area contributed by atoms with E-state index in [-0.39, 0.29) is 21.9 Å². The summed E-state index contributed by atoms with van der Waals surface area (Å²) in [7, 11) is -3.61. The summed E-state index contributed by atoms with van der Waals surface area (Å²) in [5, 5.41) is 16.9. The highest BCUT2D eigenvalue weighted by Gasteiger charge is 2.40. The third kappa shape index (κ3) is 5.20. The van der Waals surface area contributed by atoms with Gasteiger partial charge in [0.1, 0.15) is 11.1 Å². The van der Waals surface area contributed by atoms with Crippen molar-refractivity contribution in [2.24, 2.45) is 0 Å². The molecule has 2 aromatic rings. The molecule has 1 amide bonds. The highest BCUT2D eigenvalue weighted by atomic mass is 32.2. The van der Waals surface area contributed by atoms with Crippen molar-refractivity contribution in [3.05, 3.63) is 45.8 Å². The second kappa shape index (κ2) is 9.78. The molecule has 0 fully saturated rings. The van der Waals surface area contributed by atoms with Crippen LogP contribution in [0, 0.1) is 11.3 Å². The fourth-order valence-electron chi connectivity index (χ4n) is 4.62. The minimum atomic E-state index is -3.61. The van der Waals surface area contributed by atoms with Crippen molar-refractivity contribution in [2.75, 3.05) is 18.4 Å². The molecule has 34 heavy (non-hydrogen) atoms. The van der Waals surface area contributed by atoms with Crippen LogP contribution in [0.2, 0.25) is 0 Å². The summed E-state index contributed by atoms with van der Waals surface area (Å²) in [6.45, 7) is 13.1. The molecule has 1 aromatic carbocycles. The van der Waals surface area contributed by atoms with Crippen LogP contribution in [0.25, 0.3) is 0 Å². The number of thiophene rings is 1. The number of benzene rings is 1. The summed E-state index contributed by atoms with van der Waals surface area (Å²) in [4.78, 5) is 14.2. The van der Waals surface area contributed by atoms with Crippen LogP contribution in [0.4, 0.5) is 5.00 Å². The maximum absolute atomic E-state index is 13.0. The van der Waals surface area contributed by atoms with Crippen molar-refractivity contribution in [3.8, 4) is 6.07 Å². The van der Waals surface area contributed by atoms with Crippen molar-refractivity contribution in [1.82, 2.24) is 9.62 Å². The Morgan fingerprint density at radius 1 is 1.21 bits per heavy atom. The minimum Gasteiger partial charge on any atom is -0.312 e.